The molecular weight excluding hydrogens is 250 g/mol. The number of carbonyl (C=O) groups is 2. The highest BCUT2D eigenvalue weighted by Crippen LogP contribution is 2.25. The minimum Gasteiger partial charge on any atom is -0.476 e. The van der Waals surface area contributed by atoms with Crippen molar-refractivity contribution in [2.75, 3.05) is 13.6 Å². The van der Waals surface area contributed by atoms with E-state index < -0.39 is 5.97 Å². The molecule has 1 amide bonds. The molecule has 8 heteroatoms. The number of carbonyl (C=O) groups excluding carboxylic acids is 1. The van der Waals surface area contributed by atoms with Gasteiger partial charge in [-0.05, 0) is 19.4 Å². The number of hydrogen-bond donors (Lipinski definition) is 2. The molecule has 0 atom stereocenters. The Morgan fingerprint density at radius 3 is 2.74 bits per heavy atom. The number of nitrogens with two attached hydrogens (primary N) is 1. The van der Waals surface area contributed by atoms with Gasteiger partial charge >= 0.3 is 5.97 Å². The summed E-state index contributed by atoms with van der Waals surface area (Å²) in [5.41, 5.74) is 5.71. The van der Waals surface area contributed by atoms with E-state index in [0.29, 0.717) is 18.2 Å². The molecule has 0 spiro atoms. The minimum absolute atomic E-state index is 0.00259. The van der Waals surface area contributed by atoms with Crippen LogP contribution in [0.25, 0.3) is 0 Å². The van der Waals surface area contributed by atoms with Crippen molar-refractivity contribution >= 4 is 11.9 Å². The van der Waals surface area contributed by atoms with Gasteiger partial charge in [-0.3, -0.25) is 4.79 Å². The van der Waals surface area contributed by atoms with Gasteiger partial charge in [0.1, 0.15) is 6.54 Å². The van der Waals surface area contributed by atoms with E-state index in [-0.39, 0.29) is 24.7 Å². The molecule has 1 aromatic rings. The zero-order valence-corrected chi connectivity index (χ0v) is 10.7. The van der Waals surface area contributed by atoms with Crippen LogP contribution in [0.2, 0.25) is 0 Å². The van der Waals surface area contributed by atoms with Crippen molar-refractivity contribution in [2.45, 2.75) is 31.8 Å². The van der Waals surface area contributed by atoms with Crippen LogP contribution in [-0.2, 0) is 17.8 Å². The summed E-state index contributed by atoms with van der Waals surface area (Å²) in [5, 5.41) is 16.3. The summed E-state index contributed by atoms with van der Waals surface area (Å²) in [5.74, 6) is -1.25. The topological polar surface area (TPSA) is 114 Å². The summed E-state index contributed by atoms with van der Waals surface area (Å²) in [7, 11) is 1.75. The van der Waals surface area contributed by atoms with Gasteiger partial charge in [-0.15, -0.1) is 5.10 Å². The third-order valence-corrected chi connectivity index (χ3v) is 3.19. The first-order valence-corrected chi connectivity index (χ1v) is 6.16. The molecule has 104 valence electrons. The quantitative estimate of drug-likeness (QED) is 0.690. The van der Waals surface area contributed by atoms with Crippen molar-refractivity contribution < 1.29 is 14.7 Å². The fraction of sp³-hybridized carbons (Fsp3) is 0.636. The maximum Gasteiger partial charge on any atom is 0.358 e. The fourth-order valence-electron chi connectivity index (χ4n) is 1.92. The highest BCUT2D eigenvalue weighted by molar-refractivity contribution is 5.86. The molecule has 3 N–H and O–H groups in total. The number of likely N-dealkylation sites (N-methyl/N-ethyl adjacent to an activating group) is 1. The first-order chi connectivity index (χ1) is 9.04. The molecular formula is C11H17N5O3. The lowest BCUT2D eigenvalue weighted by atomic mass is 10.2. The zero-order valence-electron chi connectivity index (χ0n) is 10.7. The maximum absolute atomic E-state index is 12.0. The molecule has 0 aromatic carbocycles. The molecule has 1 aromatic heterocycles. The van der Waals surface area contributed by atoms with Crippen molar-refractivity contribution in [3.63, 3.8) is 0 Å². The Labute approximate surface area is 110 Å². The number of amides is 1. The molecule has 0 bridgehead atoms. The van der Waals surface area contributed by atoms with Crippen LogP contribution in [0.3, 0.4) is 0 Å². The highest BCUT2D eigenvalue weighted by Gasteiger charge is 2.30. The van der Waals surface area contributed by atoms with E-state index >= 15 is 0 Å². The van der Waals surface area contributed by atoms with Crippen LogP contribution in [0.15, 0.2) is 0 Å². The zero-order chi connectivity index (χ0) is 14.0. The molecule has 1 aliphatic carbocycles. The predicted molar refractivity (Wildman–Crippen MR) is 65.5 cm³/mol. The lowest BCUT2D eigenvalue weighted by molar-refractivity contribution is -0.131. The number of aromatic nitrogens is 3. The standard InChI is InChI=1S/C11H17N5O3/c1-15(7-2-3-7)9(17)6-16-8(4-5-12)10(11(18)19)13-14-16/h7H,2-6,12H2,1H3,(H,18,19). The SMILES string of the molecule is CN(C(=O)Cn1nnc(C(=O)O)c1CCN)C1CC1. The first-order valence-electron chi connectivity index (χ1n) is 6.16. The number of hydrogen-bond acceptors (Lipinski definition) is 5. The molecule has 1 saturated carbocycles. The second kappa shape index (κ2) is 5.35. The van der Waals surface area contributed by atoms with Crippen LogP contribution < -0.4 is 5.73 Å². The molecule has 0 aliphatic heterocycles. The smallest absolute Gasteiger partial charge is 0.358 e. The number of rotatable bonds is 6. The molecule has 1 aliphatic rings. The summed E-state index contributed by atoms with van der Waals surface area (Å²) in [6, 6.07) is 0.313. The lowest BCUT2D eigenvalue weighted by Crippen LogP contribution is -2.33. The normalized spacial score (nSPS) is 14.4. The van der Waals surface area contributed by atoms with Crippen LogP contribution >= 0.6 is 0 Å². The Morgan fingerprint density at radius 1 is 1.53 bits per heavy atom. The minimum atomic E-state index is -1.15. The molecule has 8 nitrogen and oxygen atoms in total. The third-order valence-electron chi connectivity index (χ3n) is 3.19. The third kappa shape index (κ3) is 2.90. The van der Waals surface area contributed by atoms with Crippen molar-refractivity contribution in [1.29, 1.82) is 0 Å². The van der Waals surface area contributed by atoms with E-state index in [2.05, 4.69) is 10.3 Å². The summed E-state index contributed by atoms with van der Waals surface area (Å²) in [6.45, 7) is 0.281. The summed E-state index contributed by atoms with van der Waals surface area (Å²) >= 11 is 0. The number of carboxylic acid groups (broad SMARTS) is 1. The number of aromatic carboxylic acids is 1. The Bertz CT molecular complexity index is 495. The van der Waals surface area contributed by atoms with Crippen molar-refractivity contribution in [2.24, 2.45) is 5.73 Å². The highest BCUT2D eigenvalue weighted by atomic mass is 16.4. The van der Waals surface area contributed by atoms with E-state index in [1.807, 2.05) is 0 Å². The van der Waals surface area contributed by atoms with E-state index in [1.54, 1.807) is 11.9 Å². The van der Waals surface area contributed by atoms with Crippen LogP contribution in [-0.4, -0.2) is 56.5 Å². The maximum atomic E-state index is 12.0. The van der Waals surface area contributed by atoms with Crippen molar-refractivity contribution in [1.82, 2.24) is 19.9 Å². The van der Waals surface area contributed by atoms with Crippen molar-refractivity contribution in [3.05, 3.63) is 11.4 Å². The molecule has 0 unspecified atom stereocenters. The molecule has 0 radical (unpaired) electrons. The average molecular weight is 267 g/mol. The Morgan fingerprint density at radius 2 is 2.21 bits per heavy atom. The van der Waals surface area contributed by atoms with Gasteiger partial charge in [0.15, 0.2) is 5.69 Å². The predicted octanol–water partition coefficient (Wildman–Crippen LogP) is -0.902. The summed E-state index contributed by atoms with van der Waals surface area (Å²) in [6.07, 6.45) is 2.38. The van der Waals surface area contributed by atoms with E-state index in [4.69, 9.17) is 10.8 Å². The second-order valence-corrected chi connectivity index (χ2v) is 4.62. The van der Waals surface area contributed by atoms with Gasteiger partial charge in [0.25, 0.3) is 0 Å². The Hall–Kier alpha value is -1.96. The van der Waals surface area contributed by atoms with Gasteiger partial charge in [-0.1, -0.05) is 5.21 Å². The van der Waals surface area contributed by atoms with E-state index in [9.17, 15) is 9.59 Å². The molecule has 1 heterocycles. The monoisotopic (exact) mass is 267 g/mol. The number of carboxylic acids is 1. The van der Waals surface area contributed by atoms with Crippen molar-refractivity contribution in [3.8, 4) is 0 Å². The largest absolute Gasteiger partial charge is 0.476 e. The van der Waals surface area contributed by atoms with Crippen LogP contribution in [0.5, 0.6) is 0 Å². The van der Waals surface area contributed by atoms with Gasteiger partial charge in [0.2, 0.25) is 5.91 Å². The van der Waals surface area contributed by atoms with Gasteiger partial charge in [0, 0.05) is 19.5 Å². The van der Waals surface area contributed by atoms with Gasteiger partial charge in [-0.25, -0.2) is 9.48 Å². The first kappa shape index (κ1) is 13.5. The molecule has 1 fully saturated rings. The lowest BCUT2D eigenvalue weighted by Gasteiger charge is -2.16. The van der Waals surface area contributed by atoms with Crippen LogP contribution in [0.1, 0.15) is 29.0 Å². The Balaban J connectivity index is 2.14. The van der Waals surface area contributed by atoms with Gasteiger partial charge in [-0.2, -0.15) is 0 Å². The second-order valence-electron chi connectivity index (χ2n) is 4.62. The fourth-order valence-corrected chi connectivity index (χ4v) is 1.92. The molecule has 2 rings (SSSR count). The summed E-state index contributed by atoms with van der Waals surface area (Å²) in [4.78, 5) is 24.7. The van der Waals surface area contributed by atoms with Gasteiger partial charge < -0.3 is 15.7 Å². The Kier molecular flexibility index (Phi) is 3.79. The van der Waals surface area contributed by atoms with Crippen LogP contribution in [0.4, 0.5) is 0 Å². The molecule has 0 saturated heterocycles. The molecule has 19 heavy (non-hydrogen) atoms. The van der Waals surface area contributed by atoms with E-state index in [0.717, 1.165) is 12.8 Å². The average Bonchev–Trinajstić information content (AvgIpc) is 3.13. The number of nitrogens with zero attached hydrogens (tertiary/aromatic N) is 4. The van der Waals surface area contributed by atoms with Crippen LogP contribution in [0, 0.1) is 0 Å². The van der Waals surface area contributed by atoms with Gasteiger partial charge in [0.05, 0.1) is 5.69 Å². The summed E-state index contributed by atoms with van der Waals surface area (Å²) < 4.78 is 1.33. The van der Waals surface area contributed by atoms with E-state index in [1.165, 1.54) is 4.68 Å².